The number of carbonyl (C=O) groups excluding carboxylic acids is 1. The molecule has 0 heterocycles. The summed E-state index contributed by atoms with van der Waals surface area (Å²) in [7, 11) is 0. The summed E-state index contributed by atoms with van der Waals surface area (Å²) < 4.78 is 5.48. The van der Waals surface area contributed by atoms with Gasteiger partial charge in [0.05, 0.1) is 6.04 Å². The van der Waals surface area contributed by atoms with E-state index >= 15 is 0 Å². The Balaban J connectivity index is 2.77. The van der Waals surface area contributed by atoms with Gasteiger partial charge in [-0.25, -0.2) is 4.79 Å². The van der Waals surface area contributed by atoms with E-state index in [-0.39, 0.29) is 12.1 Å². The molecule has 3 unspecified atom stereocenters. The van der Waals surface area contributed by atoms with Crippen LogP contribution in [0.5, 0.6) is 0 Å². The average molecular weight is 338 g/mol. The van der Waals surface area contributed by atoms with Crippen LogP contribution >= 0.6 is 0 Å². The molecule has 1 aliphatic carbocycles. The van der Waals surface area contributed by atoms with Crippen LogP contribution in [0.25, 0.3) is 0 Å². The maximum atomic E-state index is 12.3. The Kier molecular flexibility index (Phi) is 8.32. The zero-order valence-corrected chi connectivity index (χ0v) is 16.9. The average Bonchev–Trinajstić information content (AvgIpc) is 2.43. The fraction of sp³-hybridized carbons (Fsp3) is 0.857. The van der Waals surface area contributed by atoms with Crippen LogP contribution in [0.4, 0.5) is 4.79 Å². The zero-order chi connectivity index (χ0) is 18.3. The normalized spacial score (nSPS) is 23.9. The first-order chi connectivity index (χ1) is 11.1. The second-order valence-electron chi connectivity index (χ2n) is 8.92. The molecule has 24 heavy (non-hydrogen) atoms. The van der Waals surface area contributed by atoms with Crippen molar-refractivity contribution in [2.75, 3.05) is 0 Å². The summed E-state index contributed by atoms with van der Waals surface area (Å²) in [5.41, 5.74) is 0.911. The summed E-state index contributed by atoms with van der Waals surface area (Å²) in [5, 5.41) is 3.13. The molecule has 1 aliphatic rings. The van der Waals surface area contributed by atoms with Crippen molar-refractivity contribution >= 4 is 6.09 Å². The van der Waals surface area contributed by atoms with Crippen LogP contribution in [0.1, 0.15) is 87.0 Å². The number of ether oxygens (including phenoxy) is 1. The highest BCUT2D eigenvalue weighted by Crippen LogP contribution is 2.35. The minimum Gasteiger partial charge on any atom is -0.444 e. The van der Waals surface area contributed by atoms with E-state index in [1.807, 2.05) is 20.8 Å². The molecule has 1 saturated carbocycles. The van der Waals surface area contributed by atoms with Gasteiger partial charge in [0.15, 0.2) is 0 Å². The fourth-order valence-electron chi connectivity index (χ4n) is 3.68. The standard InChI is InChI=1S/C21H39NO2/c1-8-17(14-18-12-10-9-11-16(18)4)19(13-15(2)3)22-20(23)24-21(5,6)7/h8,15-16,18-19H,9-14H2,1-7H3,(H,22,23). The van der Waals surface area contributed by atoms with Gasteiger partial charge in [0.1, 0.15) is 5.60 Å². The number of nitrogens with one attached hydrogen (secondary N) is 1. The summed E-state index contributed by atoms with van der Waals surface area (Å²) in [6.45, 7) is 14.6. The molecule has 3 heteroatoms. The molecule has 0 spiro atoms. The number of alkyl carbamates (subject to hydrolysis) is 1. The van der Waals surface area contributed by atoms with Crippen molar-refractivity contribution < 1.29 is 9.53 Å². The van der Waals surface area contributed by atoms with Gasteiger partial charge in [-0.1, -0.05) is 51.7 Å². The lowest BCUT2D eigenvalue weighted by Crippen LogP contribution is -2.41. The Morgan fingerprint density at radius 2 is 1.88 bits per heavy atom. The molecular formula is C21H39NO2. The number of allylic oxidation sites excluding steroid dienone is 1. The predicted octanol–water partition coefficient (Wildman–Crippen LogP) is 6.09. The minimum absolute atomic E-state index is 0.0824. The first kappa shape index (κ1) is 21.1. The number of hydrogen-bond donors (Lipinski definition) is 1. The molecule has 0 aromatic rings. The van der Waals surface area contributed by atoms with Gasteiger partial charge in [0.2, 0.25) is 0 Å². The van der Waals surface area contributed by atoms with E-state index < -0.39 is 5.60 Å². The monoisotopic (exact) mass is 337 g/mol. The van der Waals surface area contributed by atoms with E-state index in [0.717, 1.165) is 24.7 Å². The van der Waals surface area contributed by atoms with E-state index in [4.69, 9.17) is 4.74 Å². The molecule has 1 N–H and O–H groups in total. The Labute approximate surface area is 149 Å². The molecule has 1 rings (SSSR count). The molecule has 1 fully saturated rings. The van der Waals surface area contributed by atoms with Gasteiger partial charge in [-0.05, 0) is 64.7 Å². The molecule has 1 amide bonds. The highest BCUT2D eigenvalue weighted by molar-refractivity contribution is 5.68. The molecule has 3 nitrogen and oxygen atoms in total. The zero-order valence-electron chi connectivity index (χ0n) is 16.9. The third-order valence-electron chi connectivity index (χ3n) is 5.00. The molecule has 0 aliphatic heterocycles. The first-order valence-electron chi connectivity index (χ1n) is 9.77. The van der Waals surface area contributed by atoms with Gasteiger partial charge >= 0.3 is 6.09 Å². The van der Waals surface area contributed by atoms with Crippen LogP contribution in [-0.2, 0) is 4.74 Å². The third kappa shape index (κ3) is 7.72. The van der Waals surface area contributed by atoms with E-state index in [0.29, 0.717) is 5.92 Å². The van der Waals surface area contributed by atoms with Crippen LogP contribution < -0.4 is 5.32 Å². The van der Waals surface area contributed by atoms with Crippen molar-refractivity contribution in [1.82, 2.24) is 5.32 Å². The second kappa shape index (κ2) is 9.48. The van der Waals surface area contributed by atoms with Gasteiger partial charge in [0.25, 0.3) is 0 Å². The number of amides is 1. The summed E-state index contributed by atoms with van der Waals surface area (Å²) in [6.07, 6.45) is 9.35. The topological polar surface area (TPSA) is 38.3 Å². The molecule has 0 aromatic heterocycles. The van der Waals surface area contributed by atoms with E-state index in [2.05, 4.69) is 39.1 Å². The van der Waals surface area contributed by atoms with Crippen molar-refractivity contribution in [3.8, 4) is 0 Å². The Hall–Kier alpha value is -0.990. The molecular weight excluding hydrogens is 298 g/mol. The van der Waals surface area contributed by atoms with Gasteiger partial charge in [0, 0.05) is 0 Å². The van der Waals surface area contributed by atoms with Gasteiger partial charge < -0.3 is 10.1 Å². The van der Waals surface area contributed by atoms with E-state index in [1.165, 1.54) is 31.3 Å². The Morgan fingerprint density at radius 3 is 2.38 bits per heavy atom. The predicted molar refractivity (Wildman–Crippen MR) is 102 cm³/mol. The fourth-order valence-corrected chi connectivity index (χ4v) is 3.68. The maximum absolute atomic E-state index is 12.3. The summed E-state index contributed by atoms with van der Waals surface area (Å²) >= 11 is 0. The lowest BCUT2D eigenvalue weighted by Gasteiger charge is -2.32. The van der Waals surface area contributed by atoms with Crippen LogP contribution in [0, 0.1) is 17.8 Å². The van der Waals surface area contributed by atoms with Crippen molar-refractivity contribution in [2.24, 2.45) is 17.8 Å². The number of carbonyl (C=O) groups is 1. The lowest BCUT2D eigenvalue weighted by atomic mass is 9.75. The molecule has 0 saturated heterocycles. The quantitative estimate of drug-likeness (QED) is 0.596. The lowest BCUT2D eigenvalue weighted by molar-refractivity contribution is 0.0505. The van der Waals surface area contributed by atoms with Crippen LogP contribution in [0.3, 0.4) is 0 Å². The van der Waals surface area contributed by atoms with E-state index in [1.54, 1.807) is 0 Å². The SMILES string of the molecule is CC=C(CC1CCCCC1C)C(CC(C)C)NC(=O)OC(C)(C)C. The summed E-state index contributed by atoms with van der Waals surface area (Å²) in [4.78, 5) is 12.3. The number of rotatable bonds is 6. The summed E-state index contributed by atoms with van der Waals surface area (Å²) in [5.74, 6) is 2.07. The van der Waals surface area contributed by atoms with Crippen LogP contribution in [-0.4, -0.2) is 17.7 Å². The van der Waals surface area contributed by atoms with Crippen LogP contribution in [0.15, 0.2) is 11.6 Å². The minimum atomic E-state index is -0.458. The van der Waals surface area contributed by atoms with E-state index in [9.17, 15) is 4.79 Å². The summed E-state index contributed by atoms with van der Waals surface area (Å²) in [6, 6.07) is 0.0824. The third-order valence-corrected chi connectivity index (χ3v) is 5.00. The largest absolute Gasteiger partial charge is 0.444 e. The highest BCUT2D eigenvalue weighted by Gasteiger charge is 2.27. The van der Waals surface area contributed by atoms with Crippen LogP contribution in [0.2, 0.25) is 0 Å². The second-order valence-corrected chi connectivity index (χ2v) is 8.92. The maximum Gasteiger partial charge on any atom is 0.408 e. The molecule has 140 valence electrons. The van der Waals surface area contributed by atoms with Crippen molar-refractivity contribution in [3.05, 3.63) is 11.6 Å². The molecule has 0 radical (unpaired) electrons. The Bertz CT molecular complexity index is 420. The molecule has 3 atom stereocenters. The molecule has 0 aromatic carbocycles. The Morgan fingerprint density at radius 1 is 1.25 bits per heavy atom. The van der Waals surface area contributed by atoms with Crippen molar-refractivity contribution in [1.29, 1.82) is 0 Å². The first-order valence-corrected chi connectivity index (χ1v) is 9.77. The molecule has 0 bridgehead atoms. The smallest absolute Gasteiger partial charge is 0.408 e. The highest BCUT2D eigenvalue weighted by atomic mass is 16.6. The van der Waals surface area contributed by atoms with Crippen molar-refractivity contribution in [3.63, 3.8) is 0 Å². The van der Waals surface area contributed by atoms with Gasteiger partial charge in [-0.3, -0.25) is 0 Å². The van der Waals surface area contributed by atoms with Gasteiger partial charge in [-0.2, -0.15) is 0 Å². The van der Waals surface area contributed by atoms with Crippen molar-refractivity contribution in [2.45, 2.75) is 98.6 Å². The number of hydrogen-bond acceptors (Lipinski definition) is 2. The van der Waals surface area contributed by atoms with Gasteiger partial charge in [-0.15, -0.1) is 0 Å².